The average molecular weight is 485 g/mol. The van der Waals surface area contributed by atoms with Crippen LogP contribution in [0, 0.1) is 34.0 Å². The van der Waals surface area contributed by atoms with Crippen molar-refractivity contribution in [2.24, 2.45) is 27.7 Å². The zero-order chi connectivity index (χ0) is 24.3. The number of nitriles is 1. The van der Waals surface area contributed by atoms with E-state index in [-0.39, 0.29) is 29.6 Å². The minimum Gasteiger partial charge on any atom is -0.462 e. The number of fused-ring (bicyclic) bond motifs is 1. The third-order valence-corrected chi connectivity index (χ3v) is 8.76. The van der Waals surface area contributed by atoms with Crippen molar-refractivity contribution < 1.29 is 9.53 Å². The first kappa shape index (κ1) is 21.8. The largest absolute Gasteiger partial charge is 0.462 e. The molecule has 0 radical (unpaired) electrons. The van der Waals surface area contributed by atoms with Gasteiger partial charge in [0.1, 0.15) is 12.9 Å². The lowest BCUT2D eigenvalue weighted by molar-refractivity contribution is -0.103. The molecule has 36 heavy (non-hydrogen) atoms. The molecule has 10 nitrogen and oxygen atoms in total. The molecule has 2 aliphatic heterocycles. The Bertz CT molecular complexity index is 1290. The summed E-state index contributed by atoms with van der Waals surface area (Å²) >= 11 is 0. The van der Waals surface area contributed by atoms with E-state index in [1.165, 1.54) is 0 Å². The van der Waals surface area contributed by atoms with Gasteiger partial charge < -0.3 is 9.64 Å². The van der Waals surface area contributed by atoms with Gasteiger partial charge in [-0.2, -0.15) is 20.2 Å². The molecule has 4 aliphatic carbocycles. The fourth-order valence-corrected chi connectivity index (χ4v) is 6.25. The Morgan fingerprint density at radius 1 is 1.17 bits per heavy atom. The van der Waals surface area contributed by atoms with E-state index < -0.39 is 5.41 Å². The maximum absolute atomic E-state index is 13.2. The number of ether oxygens (including phenoxy) is 1. The molecule has 1 saturated heterocycles. The number of carbonyl (C=O) groups excluding carboxylic acids is 1. The van der Waals surface area contributed by atoms with E-state index in [0.717, 1.165) is 80.9 Å². The number of anilines is 1. The van der Waals surface area contributed by atoms with E-state index in [4.69, 9.17) is 9.73 Å². The predicted molar refractivity (Wildman–Crippen MR) is 129 cm³/mol. The number of piperidine rings is 1. The van der Waals surface area contributed by atoms with Gasteiger partial charge in [-0.25, -0.2) is 9.97 Å². The van der Waals surface area contributed by atoms with Crippen LogP contribution in [0.3, 0.4) is 0 Å². The fraction of sp³-hybridized carbons (Fsp3) is 0.615. The summed E-state index contributed by atoms with van der Waals surface area (Å²) in [6.07, 6.45) is 10.8. The maximum Gasteiger partial charge on any atom is 0.321 e. The number of aliphatic imine (C=N–C) groups is 1. The van der Waals surface area contributed by atoms with Gasteiger partial charge in [-0.05, 0) is 56.3 Å². The van der Waals surface area contributed by atoms with Crippen LogP contribution in [-0.4, -0.2) is 56.1 Å². The minimum atomic E-state index is -0.441. The van der Waals surface area contributed by atoms with Crippen LogP contribution in [0.25, 0.3) is 0 Å². The molecule has 2 aromatic heterocycles. The Labute approximate surface area is 209 Å². The van der Waals surface area contributed by atoms with Crippen LogP contribution in [0.1, 0.15) is 73.2 Å². The Morgan fingerprint density at radius 2 is 1.97 bits per heavy atom. The number of nitrogens with zero attached hydrogens (tertiary/aromatic N) is 8. The third kappa shape index (κ3) is 3.72. The number of carbonyl (C=O) groups is 1. The highest BCUT2D eigenvalue weighted by Crippen LogP contribution is 2.66. The number of Topliss-reactive ketones (excluding diaryl/α,β-unsaturated/α-hetero) is 1. The summed E-state index contributed by atoms with van der Waals surface area (Å²) in [5.74, 6) is 1.79. The first-order valence-electron chi connectivity index (χ1n) is 13.0. The Balaban J connectivity index is 1.08. The molecule has 2 bridgehead atoms. The zero-order valence-corrected chi connectivity index (χ0v) is 20.2. The van der Waals surface area contributed by atoms with Crippen LogP contribution in [0.2, 0.25) is 0 Å². The van der Waals surface area contributed by atoms with Crippen molar-refractivity contribution in [2.45, 2.75) is 57.9 Å². The molecule has 10 heteroatoms. The smallest absolute Gasteiger partial charge is 0.321 e. The SMILES string of the molecule is N#CC1(COc2nc(C(=O)CC34CC(C3)C4)nc(N3CCC(C4=NCc5ncncc54)CC3)n2)CC1. The van der Waals surface area contributed by atoms with E-state index in [1.54, 1.807) is 6.33 Å². The summed E-state index contributed by atoms with van der Waals surface area (Å²) in [5, 5.41) is 9.41. The van der Waals surface area contributed by atoms with Crippen molar-refractivity contribution in [1.29, 1.82) is 5.26 Å². The quantitative estimate of drug-likeness (QED) is 0.519. The molecular weight excluding hydrogens is 456 g/mol. The van der Waals surface area contributed by atoms with Crippen LogP contribution in [0.4, 0.5) is 5.95 Å². The van der Waals surface area contributed by atoms with Gasteiger partial charge >= 0.3 is 6.01 Å². The van der Waals surface area contributed by atoms with Crippen molar-refractivity contribution in [2.75, 3.05) is 24.6 Å². The Hall–Kier alpha value is -3.48. The number of hydrogen-bond donors (Lipinski definition) is 0. The summed E-state index contributed by atoms with van der Waals surface area (Å²) in [6.45, 7) is 2.37. The van der Waals surface area contributed by atoms with E-state index in [9.17, 15) is 10.1 Å². The van der Waals surface area contributed by atoms with Crippen molar-refractivity contribution in [3.05, 3.63) is 29.6 Å². The van der Waals surface area contributed by atoms with Gasteiger partial charge in [0, 0.05) is 42.9 Å². The molecule has 4 heterocycles. The molecule has 0 unspecified atom stereocenters. The minimum absolute atomic E-state index is 0.0325. The van der Waals surface area contributed by atoms with Gasteiger partial charge in [0.25, 0.3) is 0 Å². The molecule has 0 aromatic carbocycles. The van der Waals surface area contributed by atoms with Gasteiger partial charge in [-0.15, -0.1) is 0 Å². The summed E-state index contributed by atoms with van der Waals surface area (Å²) in [7, 11) is 0. The van der Waals surface area contributed by atoms with Gasteiger partial charge in [-0.3, -0.25) is 9.79 Å². The molecule has 4 saturated carbocycles. The average Bonchev–Trinajstić information content (AvgIpc) is 3.53. The second kappa shape index (κ2) is 8.02. The second-order valence-electron chi connectivity index (χ2n) is 11.3. The van der Waals surface area contributed by atoms with Gasteiger partial charge in [0.2, 0.25) is 17.6 Å². The molecule has 5 fully saturated rings. The van der Waals surface area contributed by atoms with Crippen molar-refractivity contribution in [3.8, 4) is 12.1 Å². The second-order valence-corrected chi connectivity index (χ2v) is 11.3. The highest BCUT2D eigenvalue weighted by Gasteiger charge is 2.57. The number of hydrogen-bond acceptors (Lipinski definition) is 10. The number of aromatic nitrogens is 5. The van der Waals surface area contributed by atoms with E-state index in [0.29, 0.717) is 24.8 Å². The molecule has 2 aromatic rings. The first-order valence-corrected chi connectivity index (χ1v) is 13.0. The van der Waals surface area contributed by atoms with E-state index in [1.807, 2.05) is 6.20 Å². The van der Waals surface area contributed by atoms with Gasteiger partial charge in [0.05, 0.1) is 23.7 Å². The van der Waals surface area contributed by atoms with Crippen LogP contribution < -0.4 is 9.64 Å². The van der Waals surface area contributed by atoms with E-state index in [2.05, 4.69) is 35.9 Å². The molecular formula is C26H28N8O2. The van der Waals surface area contributed by atoms with Crippen LogP contribution >= 0.6 is 0 Å². The van der Waals surface area contributed by atoms with Crippen molar-refractivity contribution in [3.63, 3.8) is 0 Å². The molecule has 0 atom stereocenters. The van der Waals surface area contributed by atoms with Crippen LogP contribution in [0.5, 0.6) is 6.01 Å². The number of ketones is 1. The van der Waals surface area contributed by atoms with Crippen molar-refractivity contribution >= 4 is 17.4 Å². The first-order chi connectivity index (χ1) is 17.5. The predicted octanol–water partition coefficient (Wildman–Crippen LogP) is 2.94. The Kier molecular flexibility index (Phi) is 4.85. The highest BCUT2D eigenvalue weighted by molar-refractivity contribution is 6.04. The number of rotatable bonds is 8. The van der Waals surface area contributed by atoms with Gasteiger partial charge in [0.15, 0.2) is 0 Å². The topological polar surface area (TPSA) is 130 Å². The molecule has 0 spiro atoms. The lowest BCUT2D eigenvalue weighted by Crippen LogP contribution is -2.52. The Morgan fingerprint density at radius 3 is 2.67 bits per heavy atom. The standard InChI is InChI=1S/C26H28N8O2/c27-13-25(3-4-25)14-36-24-32-22(20(35)10-26-7-16(8-26)9-26)31-23(33-24)34-5-1-17(2-6-34)21-18-11-28-15-30-19(18)12-29-21/h11,15-17H,1-10,12,14H2. The molecule has 0 N–H and O–H groups in total. The molecule has 0 amide bonds. The summed E-state index contributed by atoms with van der Waals surface area (Å²) in [6, 6.07) is 2.48. The van der Waals surface area contributed by atoms with E-state index >= 15 is 0 Å². The fourth-order valence-electron chi connectivity index (χ4n) is 6.25. The van der Waals surface area contributed by atoms with Gasteiger partial charge in [-0.1, -0.05) is 0 Å². The summed E-state index contributed by atoms with van der Waals surface area (Å²) in [4.78, 5) is 42.2. The molecule has 6 aliphatic rings. The molecule has 8 rings (SSSR count). The third-order valence-electron chi connectivity index (χ3n) is 8.76. The highest BCUT2D eigenvalue weighted by atomic mass is 16.5. The lowest BCUT2D eigenvalue weighted by Gasteiger charge is -2.61. The summed E-state index contributed by atoms with van der Waals surface area (Å²) < 4.78 is 5.87. The van der Waals surface area contributed by atoms with Crippen LogP contribution in [0.15, 0.2) is 17.5 Å². The monoisotopic (exact) mass is 484 g/mol. The molecule has 184 valence electrons. The zero-order valence-electron chi connectivity index (χ0n) is 20.2. The van der Waals surface area contributed by atoms with Crippen molar-refractivity contribution in [1.82, 2.24) is 24.9 Å². The maximum atomic E-state index is 13.2. The lowest BCUT2D eigenvalue weighted by atomic mass is 9.43. The summed E-state index contributed by atoms with van der Waals surface area (Å²) in [5.41, 5.74) is 2.91. The van der Waals surface area contributed by atoms with Crippen LogP contribution in [-0.2, 0) is 6.54 Å². The normalized spacial score (nSPS) is 27.2.